The van der Waals surface area contributed by atoms with Gasteiger partial charge in [0.1, 0.15) is 11.3 Å². The number of aromatic amines is 1. The zero-order chi connectivity index (χ0) is 17.1. The summed E-state index contributed by atoms with van der Waals surface area (Å²) < 4.78 is 0. The summed E-state index contributed by atoms with van der Waals surface area (Å²) in [6, 6.07) is 6.08. The highest BCUT2D eigenvalue weighted by atomic mass is 15.1. The molecule has 2 aromatic heterocycles. The highest BCUT2D eigenvalue weighted by molar-refractivity contribution is 5.94. The van der Waals surface area contributed by atoms with Crippen molar-refractivity contribution in [1.29, 1.82) is 5.53 Å². The molecule has 0 fully saturated rings. The molecule has 7 heteroatoms. The van der Waals surface area contributed by atoms with Crippen LogP contribution in [0.25, 0.3) is 22.2 Å². The SMILES string of the molecule is CC[C@H](C)Nc1ncc2c(-c3ccc(N=N)c(NC)c3)c[nH]c2n1. The Morgan fingerprint density at radius 3 is 2.92 bits per heavy atom. The molecule has 0 aliphatic heterocycles. The molecular weight excluding hydrogens is 302 g/mol. The molecule has 124 valence electrons. The van der Waals surface area contributed by atoms with Crippen LogP contribution in [0.15, 0.2) is 35.7 Å². The number of aromatic nitrogens is 3. The van der Waals surface area contributed by atoms with Crippen LogP contribution in [-0.2, 0) is 0 Å². The summed E-state index contributed by atoms with van der Waals surface area (Å²) in [6.07, 6.45) is 4.77. The van der Waals surface area contributed by atoms with Crippen LogP contribution in [0.4, 0.5) is 17.3 Å². The molecule has 4 N–H and O–H groups in total. The molecule has 2 heterocycles. The Bertz CT molecular complexity index is 869. The number of hydrogen-bond acceptors (Lipinski definition) is 6. The second-order valence-electron chi connectivity index (χ2n) is 5.71. The molecular formula is C17H21N7. The Morgan fingerprint density at radius 1 is 1.38 bits per heavy atom. The second kappa shape index (κ2) is 6.66. The molecule has 0 saturated carbocycles. The lowest BCUT2D eigenvalue weighted by Gasteiger charge is -2.10. The number of H-pyrrole nitrogens is 1. The van der Waals surface area contributed by atoms with Crippen LogP contribution in [0.2, 0.25) is 0 Å². The number of benzene rings is 1. The standard InChI is InChI=1S/C17H21N7/c1-4-10(2)22-17-21-9-13-12(8-20-16(13)23-17)11-5-6-14(24-18)15(7-11)19-3/h5-10,18-19H,4H2,1-3H3,(H2,20,21,22,23)/t10-/m0/s1. The molecule has 0 bridgehead atoms. The van der Waals surface area contributed by atoms with Crippen molar-refractivity contribution in [3.05, 3.63) is 30.6 Å². The molecule has 0 spiro atoms. The average molecular weight is 323 g/mol. The van der Waals surface area contributed by atoms with E-state index in [0.29, 0.717) is 17.7 Å². The normalized spacial score (nSPS) is 12.1. The summed E-state index contributed by atoms with van der Waals surface area (Å²) in [6.45, 7) is 4.22. The molecule has 0 amide bonds. The molecule has 3 aromatic rings. The van der Waals surface area contributed by atoms with Crippen molar-refractivity contribution in [2.45, 2.75) is 26.3 Å². The third-order valence-electron chi connectivity index (χ3n) is 4.12. The smallest absolute Gasteiger partial charge is 0.224 e. The lowest BCUT2D eigenvalue weighted by molar-refractivity contribution is 0.754. The maximum Gasteiger partial charge on any atom is 0.224 e. The quantitative estimate of drug-likeness (QED) is 0.500. The summed E-state index contributed by atoms with van der Waals surface area (Å²) in [7, 11) is 1.82. The van der Waals surface area contributed by atoms with Crippen molar-refractivity contribution < 1.29 is 0 Å². The largest absolute Gasteiger partial charge is 0.386 e. The van der Waals surface area contributed by atoms with E-state index < -0.39 is 0 Å². The average Bonchev–Trinajstić information content (AvgIpc) is 3.04. The van der Waals surface area contributed by atoms with Crippen LogP contribution in [0, 0.1) is 5.53 Å². The van der Waals surface area contributed by atoms with Gasteiger partial charge in [0, 0.05) is 36.4 Å². The van der Waals surface area contributed by atoms with E-state index in [-0.39, 0.29) is 0 Å². The van der Waals surface area contributed by atoms with E-state index in [1.54, 1.807) is 0 Å². The van der Waals surface area contributed by atoms with Gasteiger partial charge >= 0.3 is 0 Å². The van der Waals surface area contributed by atoms with Gasteiger partial charge < -0.3 is 15.6 Å². The van der Waals surface area contributed by atoms with Crippen LogP contribution in [-0.4, -0.2) is 28.0 Å². The maximum absolute atomic E-state index is 7.21. The Hall–Kier alpha value is -2.96. The van der Waals surface area contributed by atoms with Crippen LogP contribution >= 0.6 is 0 Å². The van der Waals surface area contributed by atoms with Crippen molar-refractivity contribution in [1.82, 2.24) is 15.0 Å². The summed E-state index contributed by atoms with van der Waals surface area (Å²) in [5.41, 5.74) is 11.5. The van der Waals surface area contributed by atoms with Crippen LogP contribution in [0.1, 0.15) is 20.3 Å². The van der Waals surface area contributed by atoms with Gasteiger partial charge in [-0.15, -0.1) is 0 Å². The molecule has 3 rings (SSSR count). The summed E-state index contributed by atoms with van der Waals surface area (Å²) >= 11 is 0. The number of hydrogen-bond donors (Lipinski definition) is 4. The highest BCUT2D eigenvalue weighted by Gasteiger charge is 2.11. The zero-order valence-electron chi connectivity index (χ0n) is 14.0. The van der Waals surface area contributed by atoms with Gasteiger partial charge in [-0.1, -0.05) is 13.0 Å². The van der Waals surface area contributed by atoms with Gasteiger partial charge in [0.2, 0.25) is 5.95 Å². The number of rotatable bonds is 6. The maximum atomic E-state index is 7.21. The first kappa shape index (κ1) is 15.9. The highest BCUT2D eigenvalue weighted by Crippen LogP contribution is 2.33. The van der Waals surface area contributed by atoms with E-state index in [4.69, 9.17) is 5.53 Å². The van der Waals surface area contributed by atoms with E-state index in [1.807, 2.05) is 37.6 Å². The summed E-state index contributed by atoms with van der Waals surface area (Å²) in [5.74, 6) is 0.629. The van der Waals surface area contributed by atoms with Gasteiger partial charge in [-0.3, -0.25) is 0 Å². The Balaban J connectivity index is 2.00. The predicted octanol–water partition coefficient (Wildman–Crippen LogP) is 4.54. The minimum Gasteiger partial charge on any atom is -0.386 e. The zero-order valence-corrected chi connectivity index (χ0v) is 14.0. The minimum absolute atomic E-state index is 0.330. The molecule has 0 aliphatic rings. The van der Waals surface area contributed by atoms with Gasteiger partial charge in [0.25, 0.3) is 0 Å². The molecule has 0 radical (unpaired) electrons. The number of fused-ring (bicyclic) bond motifs is 1. The number of nitrogens with one attached hydrogen (secondary N) is 4. The lowest BCUT2D eigenvalue weighted by atomic mass is 10.1. The fourth-order valence-corrected chi connectivity index (χ4v) is 2.54. The third-order valence-corrected chi connectivity index (χ3v) is 4.12. The van der Waals surface area contributed by atoms with E-state index in [0.717, 1.165) is 34.3 Å². The summed E-state index contributed by atoms with van der Waals surface area (Å²) in [5, 5.41) is 10.8. The van der Waals surface area contributed by atoms with E-state index in [2.05, 4.69) is 44.5 Å². The van der Waals surface area contributed by atoms with Crippen molar-refractivity contribution >= 4 is 28.4 Å². The van der Waals surface area contributed by atoms with E-state index in [1.165, 1.54) is 0 Å². The Labute approximate surface area is 140 Å². The molecule has 0 saturated heterocycles. The first-order valence-corrected chi connectivity index (χ1v) is 7.96. The summed E-state index contributed by atoms with van der Waals surface area (Å²) in [4.78, 5) is 12.2. The fourth-order valence-electron chi connectivity index (χ4n) is 2.54. The lowest BCUT2D eigenvalue weighted by Crippen LogP contribution is -2.15. The Kier molecular flexibility index (Phi) is 4.41. The van der Waals surface area contributed by atoms with Crippen LogP contribution in [0.5, 0.6) is 0 Å². The minimum atomic E-state index is 0.330. The van der Waals surface area contributed by atoms with Crippen molar-refractivity contribution in [3.63, 3.8) is 0 Å². The van der Waals surface area contributed by atoms with Gasteiger partial charge in [0.05, 0.1) is 5.69 Å². The molecule has 1 aromatic carbocycles. The predicted molar refractivity (Wildman–Crippen MR) is 97.1 cm³/mol. The molecule has 0 unspecified atom stereocenters. The second-order valence-corrected chi connectivity index (χ2v) is 5.71. The molecule has 1 atom stereocenters. The van der Waals surface area contributed by atoms with E-state index >= 15 is 0 Å². The van der Waals surface area contributed by atoms with Crippen molar-refractivity contribution in [2.24, 2.45) is 5.11 Å². The molecule has 7 nitrogen and oxygen atoms in total. The fraction of sp³-hybridized carbons (Fsp3) is 0.294. The number of nitrogens with zero attached hydrogens (tertiary/aromatic N) is 3. The number of anilines is 2. The first-order chi connectivity index (χ1) is 11.7. The van der Waals surface area contributed by atoms with Gasteiger partial charge in [-0.2, -0.15) is 10.1 Å². The van der Waals surface area contributed by atoms with Crippen LogP contribution in [0.3, 0.4) is 0 Å². The van der Waals surface area contributed by atoms with Crippen molar-refractivity contribution in [2.75, 3.05) is 17.7 Å². The monoisotopic (exact) mass is 323 g/mol. The topological polar surface area (TPSA) is 102 Å². The molecule has 24 heavy (non-hydrogen) atoms. The third kappa shape index (κ3) is 2.92. The molecule has 0 aliphatic carbocycles. The Morgan fingerprint density at radius 2 is 2.21 bits per heavy atom. The van der Waals surface area contributed by atoms with Crippen molar-refractivity contribution in [3.8, 4) is 11.1 Å². The van der Waals surface area contributed by atoms with E-state index in [9.17, 15) is 0 Å². The first-order valence-electron chi connectivity index (χ1n) is 7.96. The van der Waals surface area contributed by atoms with Gasteiger partial charge in [0.15, 0.2) is 0 Å². The van der Waals surface area contributed by atoms with Crippen LogP contribution < -0.4 is 10.6 Å². The van der Waals surface area contributed by atoms with Gasteiger partial charge in [-0.25, -0.2) is 10.5 Å². The van der Waals surface area contributed by atoms with Gasteiger partial charge in [-0.05, 0) is 31.0 Å².